The average Bonchev–Trinajstić information content (AvgIpc) is 2.78. The Bertz CT molecular complexity index is 720. The highest BCUT2D eigenvalue weighted by Gasteiger charge is 2.34. The Morgan fingerprint density at radius 2 is 1.68 bits per heavy atom. The van der Waals surface area contributed by atoms with Crippen LogP contribution in [0.4, 0.5) is 10.1 Å². The minimum atomic E-state index is -0.285. The van der Waals surface area contributed by atoms with Crippen molar-refractivity contribution in [3.8, 4) is 0 Å². The molecule has 22 heavy (non-hydrogen) atoms. The lowest BCUT2D eigenvalue weighted by atomic mass is 9.95. The Hall–Kier alpha value is -2.49. The number of nitrogens with zero attached hydrogens (tertiary/aromatic N) is 2. The van der Waals surface area contributed by atoms with E-state index >= 15 is 0 Å². The van der Waals surface area contributed by atoms with Crippen molar-refractivity contribution in [3.05, 3.63) is 65.5 Å². The lowest BCUT2D eigenvalue weighted by Crippen LogP contribution is -2.28. The number of carbonyl (C=O) groups is 1. The second-order valence-electron chi connectivity index (χ2n) is 5.61. The number of aryl methyl sites for hydroxylation is 1. The van der Waals surface area contributed by atoms with Crippen LogP contribution in [-0.4, -0.2) is 11.6 Å². The number of benzene rings is 2. The van der Waals surface area contributed by atoms with Crippen LogP contribution < -0.4 is 5.01 Å². The molecule has 0 radical (unpaired) electrons. The van der Waals surface area contributed by atoms with E-state index in [9.17, 15) is 9.18 Å². The molecule has 0 N–H and O–H groups in total. The number of hydrogen-bond acceptors (Lipinski definition) is 2. The fourth-order valence-corrected chi connectivity index (χ4v) is 2.57. The molecular formula is C18H17FN2O. The molecule has 1 amide bonds. The summed E-state index contributed by atoms with van der Waals surface area (Å²) in [5.41, 5.74) is 3.63. The number of hydrazone groups is 1. The Morgan fingerprint density at radius 1 is 1.05 bits per heavy atom. The molecule has 3 rings (SSSR count). The monoisotopic (exact) mass is 296 g/mol. The summed E-state index contributed by atoms with van der Waals surface area (Å²) in [7, 11) is 0. The lowest BCUT2D eigenvalue weighted by Gasteiger charge is -2.14. The topological polar surface area (TPSA) is 32.7 Å². The van der Waals surface area contributed by atoms with Gasteiger partial charge in [-0.25, -0.2) is 9.40 Å². The number of hydrogen-bond donors (Lipinski definition) is 0. The van der Waals surface area contributed by atoms with Crippen molar-refractivity contribution in [2.45, 2.75) is 20.3 Å². The SMILES string of the molecule is CC1=NN(c2ccc(C)cc2)C(=O)C1Cc1ccc(F)cc1. The van der Waals surface area contributed by atoms with Gasteiger partial charge in [-0.1, -0.05) is 29.8 Å². The number of amides is 1. The molecule has 3 nitrogen and oxygen atoms in total. The van der Waals surface area contributed by atoms with Gasteiger partial charge in [0.2, 0.25) is 0 Å². The molecule has 4 heteroatoms. The zero-order valence-electron chi connectivity index (χ0n) is 12.6. The highest BCUT2D eigenvalue weighted by molar-refractivity contribution is 6.14. The molecule has 2 aromatic rings. The minimum Gasteiger partial charge on any atom is -0.272 e. The molecule has 0 aliphatic carbocycles. The maximum absolute atomic E-state index is 13.0. The highest BCUT2D eigenvalue weighted by atomic mass is 19.1. The van der Waals surface area contributed by atoms with Gasteiger partial charge < -0.3 is 0 Å². The Morgan fingerprint density at radius 3 is 2.32 bits per heavy atom. The number of halogens is 1. The molecule has 0 aromatic heterocycles. The molecule has 0 saturated heterocycles. The highest BCUT2D eigenvalue weighted by Crippen LogP contribution is 2.26. The van der Waals surface area contributed by atoms with Gasteiger partial charge in [0.05, 0.1) is 11.6 Å². The summed E-state index contributed by atoms with van der Waals surface area (Å²) in [4.78, 5) is 12.6. The summed E-state index contributed by atoms with van der Waals surface area (Å²) < 4.78 is 13.0. The van der Waals surface area contributed by atoms with Crippen molar-refractivity contribution < 1.29 is 9.18 Å². The van der Waals surface area contributed by atoms with Crippen LogP contribution >= 0.6 is 0 Å². The first kappa shape index (κ1) is 14.4. The van der Waals surface area contributed by atoms with Gasteiger partial charge in [0.15, 0.2) is 0 Å². The normalized spacial score (nSPS) is 17.8. The fourth-order valence-electron chi connectivity index (χ4n) is 2.57. The summed E-state index contributed by atoms with van der Waals surface area (Å²) >= 11 is 0. The quantitative estimate of drug-likeness (QED) is 0.849. The molecule has 1 aliphatic heterocycles. The van der Waals surface area contributed by atoms with E-state index in [1.165, 1.54) is 17.1 Å². The molecule has 1 unspecified atom stereocenters. The van der Waals surface area contributed by atoms with Gasteiger partial charge in [0.1, 0.15) is 5.82 Å². The smallest absolute Gasteiger partial charge is 0.256 e. The van der Waals surface area contributed by atoms with Gasteiger partial charge in [-0.2, -0.15) is 5.10 Å². The Balaban J connectivity index is 1.80. The van der Waals surface area contributed by atoms with Crippen molar-refractivity contribution in [3.63, 3.8) is 0 Å². The van der Waals surface area contributed by atoms with Gasteiger partial charge in [-0.05, 0) is 50.1 Å². The van der Waals surface area contributed by atoms with Gasteiger partial charge in [-0.3, -0.25) is 4.79 Å². The van der Waals surface area contributed by atoms with E-state index in [2.05, 4.69) is 5.10 Å². The third-order valence-corrected chi connectivity index (χ3v) is 3.90. The molecule has 112 valence electrons. The summed E-state index contributed by atoms with van der Waals surface area (Å²) in [6, 6.07) is 14.0. The van der Waals surface area contributed by atoms with E-state index in [-0.39, 0.29) is 17.6 Å². The standard InChI is InChI=1S/C18H17FN2O/c1-12-3-9-16(10-4-12)21-18(22)17(13(2)20-21)11-14-5-7-15(19)8-6-14/h3-10,17H,11H2,1-2H3. The van der Waals surface area contributed by atoms with Gasteiger partial charge >= 0.3 is 0 Å². The van der Waals surface area contributed by atoms with Crippen molar-refractivity contribution in [2.24, 2.45) is 11.0 Å². The molecular weight excluding hydrogens is 279 g/mol. The van der Waals surface area contributed by atoms with Crippen LogP contribution in [0.1, 0.15) is 18.1 Å². The van der Waals surface area contributed by atoms with E-state index in [4.69, 9.17) is 0 Å². The van der Waals surface area contributed by atoms with Crippen molar-refractivity contribution >= 4 is 17.3 Å². The lowest BCUT2D eigenvalue weighted by molar-refractivity contribution is -0.119. The van der Waals surface area contributed by atoms with Crippen molar-refractivity contribution in [2.75, 3.05) is 5.01 Å². The molecule has 1 heterocycles. The summed E-state index contributed by atoms with van der Waals surface area (Å²) in [6.45, 7) is 3.86. The van der Waals surface area contributed by atoms with Gasteiger partial charge in [-0.15, -0.1) is 0 Å². The summed E-state index contributed by atoms with van der Waals surface area (Å²) in [6.07, 6.45) is 0.539. The molecule has 0 spiro atoms. The fraction of sp³-hybridized carbons (Fsp3) is 0.222. The van der Waals surface area contributed by atoms with Crippen LogP contribution in [0.5, 0.6) is 0 Å². The van der Waals surface area contributed by atoms with E-state index < -0.39 is 0 Å². The number of carbonyl (C=O) groups excluding carboxylic acids is 1. The van der Waals surface area contributed by atoms with E-state index in [1.807, 2.05) is 38.1 Å². The molecule has 0 fully saturated rings. The summed E-state index contributed by atoms with van der Waals surface area (Å²) in [5, 5.41) is 5.85. The van der Waals surface area contributed by atoms with Crippen LogP contribution in [0.25, 0.3) is 0 Å². The van der Waals surface area contributed by atoms with Crippen molar-refractivity contribution in [1.29, 1.82) is 0 Å². The van der Waals surface area contributed by atoms with Crippen LogP contribution in [-0.2, 0) is 11.2 Å². The third kappa shape index (κ3) is 2.77. The van der Waals surface area contributed by atoms with Gasteiger partial charge in [0, 0.05) is 5.71 Å². The number of anilines is 1. The van der Waals surface area contributed by atoms with E-state index in [0.29, 0.717) is 6.42 Å². The maximum Gasteiger partial charge on any atom is 0.256 e. The first-order chi connectivity index (χ1) is 10.5. The second kappa shape index (κ2) is 5.72. The van der Waals surface area contributed by atoms with Gasteiger partial charge in [0.25, 0.3) is 5.91 Å². The van der Waals surface area contributed by atoms with E-state index in [0.717, 1.165) is 22.5 Å². The van der Waals surface area contributed by atoms with Crippen LogP contribution in [0.2, 0.25) is 0 Å². The van der Waals surface area contributed by atoms with Crippen molar-refractivity contribution in [1.82, 2.24) is 0 Å². The predicted octanol–water partition coefficient (Wildman–Crippen LogP) is 3.72. The van der Waals surface area contributed by atoms with E-state index in [1.54, 1.807) is 12.1 Å². The number of rotatable bonds is 3. The van der Waals surface area contributed by atoms with Crippen LogP contribution in [0, 0.1) is 18.7 Å². The molecule has 1 aliphatic rings. The third-order valence-electron chi connectivity index (χ3n) is 3.90. The summed E-state index contributed by atoms with van der Waals surface area (Å²) in [5.74, 6) is -0.592. The first-order valence-corrected chi connectivity index (χ1v) is 7.25. The Labute approximate surface area is 129 Å². The minimum absolute atomic E-state index is 0.0364. The molecule has 2 aromatic carbocycles. The average molecular weight is 296 g/mol. The zero-order chi connectivity index (χ0) is 15.7. The molecule has 0 bridgehead atoms. The van der Waals surface area contributed by atoms with Crippen LogP contribution in [0.15, 0.2) is 53.6 Å². The first-order valence-electron chi connectivity index (χ1n) is 7.25. The predicted molar refractivity (Wildman–Crippen MR) is 85.4 cm³/mol. The second-order valence-corrected chi connectivity index (χ2v) is 5.61. The maximum atomic E-state index is 13.0. The largest absolute Gasteiger partial charge is 0.272 e. The molecule has 0 saturated carbocycles. The Kier molecular flexibility index (Phi) is 3.75. The van der Waals surface area contributed by atoms with Crippen LogP contribution in [0.3, 0.4) is 0 Å². The zero-order valence-corrected chi connectivity index (χ0v) is 12.6. The molecule has 1 atom stereocenters.